The topological polar surface area (TPSA) is 110 Å². The first-order valence-electron chi connectivity index (χ1n) is 10.3. The fraction of sp³-hybridized carbons (Fsp3) is 0.348. The molecule has 2 N–H and O–H groups in total. The maximum Gasteiger partial charge on any atom is 0.257 e. The molecule has 3 rings (SSSR count). The van der Waals surface area contributed by atoms with Crippen molar-refractivity contribution in [3.05, 3.63) is 58.1 Å². The van der Waals surface area contributed by atoms with Crippen molar-refractivity contribution in [1.82, 2.24) is 10.6 Å². The Labute approximate surface area is 201 Å². The minimum absolute atomic E-state index is 0.0524. The van der Waals surface area contributed by atoms with Crippen molar-refractivity contribution >= 4 is 35.0 Å². The molecule has 2 aromatic carbocycles. The van der Waals surface area contributed by atoms with Crippen molar-refractivity contribution in [3.8, 4) is 17.6 Å². The first-order valence-corrected chi connectivity index (χ1v) is 11.0. The number of nitrogens with one attached hydrogen (secondary N) is 2. The molecular weight excluding hydrogens is 469 g/mol. The first-order chi connectivity index (χ1) is 15.9. The van der Waals surface area contributed by atoms with Crippen LogP contribution in [0.3, 0.4) is 0 Å². The van der Waals surface area contributed by atoms with Crippen LogP contribution >= 0.6 is 23.2 Å². The largest absolute Gasteiger partial charge is 0.484 e. The molecule has 2 atom stereocenters. The molecule has 8 nitrogen and oxygen atoms in total. The number of nitrogens with zero attached hydrogens (tertiary/aromatic N) is 1. The zero-order chi connectivity index (χ0) is 23.6. The maximum absolute atomic E-state index is 12.2. The molecule has 1 aliphatic heterocycles. The molecule has 0 saturated carbocycles. The number of benzene rings is 2. The van der Waals surface area contributed by atoms with Crippen molar-refractivity contribution in [2.24, 2.45) is 11.8 Å². The molecule has 33 heavy (non-hydrogen) atoms. The van der Waals surface area contributed by atoms with E-state index in [4.69, 9.17) is 42.7 Å². The normalized spacial score (nSPS) is 17.1. The Balaban J connectivity index is 1.36. The molecule has 0 radical (unpaired) electrons. The number of hydrogen-bond acceptors (Lipinski definition) is 6. The fourth-order valence-corrected chi connectivity index (χ4v) is 3.52. The lowest BCUT2D eigenvalue weighted by atomic mass is 9.96. The van der Waals surface area contributed by atoms with E-state index in [2.05, 4.69) is 10.6 Å². The standard InChI is InChI=1S/C23H23Cl2N3O5/c24-18-1-4-20(5-2-18)32-13-22(29)27-9-16-11-31-12-17(16)10-28-23(30)14-33-21-6-3-19(25)7-15(21)8-26/h1-7,16-17H,9-14H2,(H,27,29)(H,28,30)/t16-,17+/m1/s1. The second kappa shape index (κ2) is 12.3. The average molecular weight is 492 g/mol. The highest BCUT2D eigenvalue weighted by molar-refractivity contribution is 6.30. The Hall–Kier alpha value is -2.99. The van der Waals surface area contributed by atoms with E-state index in [0.717, 1.165) is 0 Å². The third-order valence-electron chi connectivity index (χ3n) is 5.06. The molecule has 1 heterocycles. The number of ether oxygens (including phenoxy) is 3. The molecule has 0 bridgehead atoms. The van der Waals surface area contributed by atoms with Gasteiger partial charge in [0.25, 0.3) is 11.8 Å². The number of halogens is 2. The molecule has 2 amide bonds. The number of carbonyl (C=O) groups is 2. The van der Waals surface area contributed by atoms with Gasteiger partial charge in [0.05, 0.1) is 18.8 Å². The molecule has 1 fully saturated rings. The molecular formula is C23H23Cl2N3O5. The van der Waals surface area contributed by atoms with Crippen molar-refractivity contribution in [3.63, 3.8) is 0 Å². The van der Waals surface area contributed by atoms with E-state index in [-0.39, 0.29) is 42.4 Å². The van der Waals surface area contributed by atoms with Crippen LogP contribution in [0.25, 0.3) is 0 Å². The van der Waals surface area contributed by atoms with E-state index < -0.39 is 0 Å². The molecule has 10 heteroatoms. The highest BCUT2D eigenvalue weighted by Crippen LogP contribution is 2.22. The van der Waals surface area contributed by atoms with Crippen molar-refractivity contribution in [2.75, 3.05) is 39.5 Å². The summed E-state index contributed by atoms with van der Waals surface area (Å²) < 4.78 is 16.4. The van der Waals surface area contributed by atoms with Crippen LogP contribution in [0, 0.1) is 23.2 Å². The number of amides is 2. The van der Waals surface area contributed by atoms with Gasteiger partial charge in [0.1, 0.15) is 17.6 Å². The molecule has 1 saturated heterocycles. The average Bonchev–Trinajstić information content (AvgIpc) is 3.27. The SMILES string of the molecule is N#Cc1cc(Cl)ccc1OCC(=O)NC[C@H]1COC[C@H]1CNC(=O)COc1ccc(Cl)cc1. The molecule has 2 aromatic rings. The van der Waals surface area contributed by atoms with Crippen LogP contribution in [-0.4, -0.2) is 51.3 Å². The molecule has 0 unspecified atom stereocenters. The van der Waals surface area contributed by atoms with Crippen LogP contribution in [-0.2, 0) is 14.3 Å². The van der Waals surface area contributed by atoms with Gasteiger partial charge in [-0.1, -0.05) is 23.2 Å². The highest BCUT2D eigenvalue weighted by Gasteiger charge is 2.29. The van der Waals surface area contributed by atoms with Crippen LogP contribution < -0.4 is 20.1 Å². The molecule has 0 aliphatic carbocycles. The summed E-state index contributed by atoms with van der Waals surface area (Å²) in [4.78, 5) is 24.3. The lowest BCUT2D eigenvalue weighted by molar-refractivity contribution is -0.124. The summed E-state index contributed by atoms with van der Waals surface area (Å²) in [5.41, 5.74) is 0.260. The van der Waals surface area contributed by atoms with Gasteiger partial charge in [0, 0.05) is 35.0 Å². The zero-order valence-electron chi connectivity index (χ0n) is 17.7. The van der Waals surface area contributed by atoms with E-state index in [1.54, 1.807) is 36.4 Å². The second-order valence-corrected chi connectivity index (χ2v) is 8.32. The summed E-state index contributed by atoms with van der Waals surface area (Å²) in [6, 6.07) is 13.4. The smallest absolute Gasteiger partial charge is 0.257 e. The van der Waals surface area contributed by atoms with Gasteiger partial charge < -0.3 is 24.8 Å². The third-order valence-corrected chi connectivity index (χ3v) is 5.54. The third kappa shape index (κ3) is 7.82. The van der Waals surface area contributed by atoms with Crippen LogP contribution in [0.1, 0.15) is 5.56 Å². The summed E-state index contributed by atoms with van der Waals surface area (Å²) >= 11 is 11.7. The number of nitriles is 1. The van der Waals surface area contributed by atoms with Crippen LogP contribution in [0.2, 0.25) is 10.0 Å². The Morgan fingerprint density at radius 2 is 1.52 bits per heavy atom. The van der Waals surface area contributed by atoms with Crippen LogP contribution in [0.15, 0.2) is 42.5 Å². The number of carbonyl (C=O) groups excluding carboxylic acids is 2. The lowest BCUT2D eigenvalue weighted by Gasteiger charge is -2.19. The minimum atomic E-state index is -0.320. The summed E-state index contributed by atoms with van der Waals surface area (Å²) in [6.45, 7) is 1.44. The summed E-state index contributed by atoms with van der Waals surface area (Å²) in [5.74, 6) is 0.401. The van der Waals surface area contributed by atoms with Gasteiger partial charge in [0.2, 0.25) is 0 Å². The van der Waals surface area contributed by atoms with Gasteiger partial charge in [-0.25, -0.2) is 0 Å². The van der Waals surface area contributed by atoms with Gasteiger partial charge in [-0.15, -0.1) is 0 Å². The van der Waals surface area contributed by atoms with E-state index in [1.165, 1.54) is 6.07 Å². The molecule has 0 aromatic heterocycles. The zero-order valence-corrected chi connectivity index (χ0v) is 19.2. The summed E-state index contributed by atoms with van der Waals surface area (Å²) in [5, 5.41) is 15.8. The van der Waals surface area contributed by atoms with Gasteiger partial charge >= 0.3 is 0 Å². The Kier molecular flexibility index (Phi) is 9.19. The lowest BCUT2D eigenvalue weighted by Crippen LogP contribution is -2.40. The second-order valence-electron chi connectivity index (χ2n) is 7.45. The van der Waals surface area contributed by atoms with E-state index >= 15 is 0 Å². The minimum Gasteiger partial charge on any atom is -0.484 e. The Bertz CT molecular complexity index is 1010. The Morgan fingerprint density at radius 1 is 0.939 bits per heavy atom. The number of rotatable bonds is 10. The van der Waals surface area contributed by atoms with Gasteiger partial charge in [0.15, 0.2) is 13.2 Å². The number of hydrogen-bond donors (Lipinski definition) is 2. The van der Waals surface area contributed by atoms with Crippen molar-refractivity contribution in [2.45, 2.75) is 0 Å². The molecule has 174 valence electrons. The van der Waals surface area contributed by atoms with Gasteiger partial charge in [-0.3, -0.25) is 9.59 Å². The van der Waals surface area contributed by atoms with Crippen molar-refractivity contribution in [1.29, 1.82) is 5.26 Å². The summed E-state index contributed by atoms with van der Waals surface area (Å²) in [7, 11) is 0. The van der Waals surface area contributed by atoms with E-state index in [1.807, 2.05) is 6.07 Å². The monoisotopic (exact) mass is 491 g/mol. The van der Waals surface area contributed by atoms with E-state index in [9.17, 15) is 9.59 Å². The molecule has 0 spiro atoms. The van der Waals surface area contributed by atoms with Gasteiger partial charge in [-0.05, 0) is 42.5 Å². The molecule has 1 aliphatic rings. The highest BCUT2D eigenvalue weighted by atomic mass is 35.5. The maximum atomic E-state index is 12.2. The first kappa shape index (κ1) is 24.6. The summed E-state index contributed by atoms with van der Waals surface area (Å²) in [6.07, 6.45) is 0. The van der Waals surface area contributed by atoms with Crippen LogP contribution in [0.4, 0.5) is 0 Å². The van der Waals surface area contributed by atoms with E-state index in [0.29, 0.717) is 47.8 Å². The van der Waals surface area contributed by atoms with Crippen LogP contribution in [0.5, 0.6) is 11.5 Å². The fourth-order valence-electron chi connectivity index (χ4n) is 3.22. The predicted molar refractivity (Wildman–Crippen MR) is 122 cm³/mol. The van der Waals surface area contributed by atoms with Crippen molar-refractivity contribution < 1.29 is 23.8 Å². The quantitative estimate of drug-likeness (QED) is 0.528. The predicted octanol–water partition coefficient (Wildman–Crippen LogP) is 2.82. The van der Waals surface area contributed by atoms with Gasteiger partial charge in [-0.2, -0.15) is 5.26 Å². The Morgan fingerprint density at radius 3 is 2.12 bits per heavy atom.